The molecule has 0 radical (unpaired) electrons. The minimum Gasteiger partial charge on any atom is -0.486 e. The molecule has 5 heteroatoms. The normalized spacial score (nSPS) is 11.7. The fourth-order valence-corrected chi connectivity index (χ4v) is 2.85. The fourth-order valence-electron chi connectivity index (χ4n) is 1.69. The molecule has 0 unspecified atom stereocenters. The Bertz CT molecular complexity index is 590. The Morgan fingerprint density at radius 2 is 2.10 bits per heavy atom. The van der Waals surface area contributed by atoms with Crippen molar-refractivity contribution in [1.82, 2.24) is 4.98 Å². The molecule has 0 saturated carbocycles. The van der Waals surface area contributed by atoms with E-state index >= 15 is 0 Å². The highest BCUT2D eigenvalue weighted by Gasteiger charge is 2.17. The number of ether oxygens (including phenoxy) is 1. The minimum atomic E-state index is -0.139. The zero-order valence-corrected chi connectivity index (χ0v) is 13.4. The maximum Gasteiger partial charge on any atom is 0.140 e. The second-order valence-corrected chi connectivity index (χ2v) is 6.89. The van der Waals surface area contributed by atoms with Crippen LogP contribution in [0.25, 0.3) is 0 Å². The van der Waals surface area contributed by atoms with Gasteiger partial charge in [-0.05, 0) is 12.1 Å². The summed E-state index contributed by atoms with van der Waals surface area (Å²) >= 11 is 7.60. The summed E-state index contributed by atoms with van der Waals surface area (Å²) in [5.74, 6) is 0.604. The summed E-state index contributed by atoms with van der Waals surface area (Å²) in [6.07, 6.45) is 0. The summed E-state index contributed by atoms with van der Waals surface area (Å²) in [5, 5.41) is 12.8. The number of benzene rings is 1. The summed E-state index contributed by atoms with van der Waals surface area (Å²) in [7, 11) is 0. The molecule has 3 nitrogen and oxygen atoms in total. The highest BCUT2D eigenvalue weighted by Crippen LogP contribution is 2.28. The van der Waals surface area contributed by atoms with Crippen molar-refractivity contribution in [3.8, 4) is 5.75 Å². The average Bonchev–Trinajstić information content (AvgIpc) is 2.85. The van der Waals surface area contributed by atoms with Crippen LogP contribution in [0.15, 0.2) is 23.6 Å². The van der Waals surface area contributed by atoms with Crippen LogP contribution in [0.4, 0.5) is 0 Å². The Labute approximate surface area is 128 Å². The smallest absolute Gasteiger partial charge is 0.140 e. The van der Waals surface area contributed by atoms with E-state index in [0.717, 1.165) is 10.7 Å². The molecule has 0 aliphatic carbocycles. The molecule has 0 amide bonds. The van der Waals surface area contributed by atoms with Crippen molar-refractivity contribution in [2.24, 2.45) is 0 Å². The van der Waals surface area contributed by atoms with Gasteiger partial charge in [0.15, 0.2) is 0 Å². The number of aromatic nitrogens is 1. The van der Waals surface area contributed by atoms with E-state index in [2.05, 4.69) is 31.1 Å². The molecule has 0 aliphatic heterocycles. The molecule has 0 spiro atoms. The molecule has 0 atom stereocenters. The van der Waals surface area contributed by atoms with E-state index in [-0.39, 0.29) is 12.0 Å². The monoisotopic (exact) mass is 311 g/mol. The molecular formula is C15H18ClNO2S. The predicted octanol–water partition coefficient (Wildman–Crippen LogP) is 4.17. The summed E-state index contributed by atoms with van der Waals surface area (Å²) in [5.41, 5.74) is 1.72. The molecule has 1 aromatic carbocycles. The van der Waals surface area contributed by atoms with Gasteiger partial charge in [-0.2, -0.15) is 0 Å². The molecular weight excluding hydrogens is 294 g/mol. The van der Waals surface area contributed by atoms with E-state index in [1.807, 2.05) is 0 Å². The molecule has 20 heavy (non-hydrogen) atoms. The number of hydrogen-bond donors (Lipinski definition) is 1. The Kier molecular flexibility index (Phi) is 4.68. The largest absolute Gasteiger partial charge is 0.486 e. The highest BCUT2D eigenvalue weighted by atomic mass is 35.5. The second-order valence-electron chi connectivity index (χ2n) is 5.54. The van der Waals surface area contributed by atoms with Gasteiger partial charge in [0.05, 0.1) is 12.3 Å². The van der Waals surface area contributed by atoms with E-state index in [0.29, 0.717) is 22.9 Å². The molecule has 0 aliphatic rings. The maximum absolute atomic E-state index is 9.33. The average molecular weight is 312 g/mol. The molecule has 0 fully saturated rings. The molecule has 1 N–H and O–H groups in total. The zero-order chi connectivity index (χ0) is 14.8. The van der Waals surface area contributed by atoms with Gasteiger partial charge in [-0.15, -0.1) is 11.3 Å². The molecule has 0 saturated heterocycles. The number of rotatable bonds is 4. The number of halogens is 1. The molecule has 1 heterocycles. The van der Waals surface area contributed by atoms with Gasteiger partial charge in [0.1, 0.15) is 17.4 Å². The van der Waals surface area contributed by atoms with Crippen molar-refractivity contribution in [3.05, 3.63) is 44.9 Å². The standard InChI is InChI=1S/C15H18ClNO2S/c1-15(2,3)13-9-20-14(17-13)8-19-12-6-4-5-11(16)10(12)7-18/h4-6,9,18H,7-8H2,1-3H3. The minimum absolute atomic E-state index is 0.0427. The third-order valence-electron chi connectivity index (χ3n) is 2.91. The first-order chi connectivity index (χ1) is 9.41. The van der Waals surface area contributed by atoms with Crippen LogP contribution in [-0.4, -0.2) is 10.1 Å². The molecule has 2 aromatic rings. The van der Waals surface area contributed by atoms with Gasteiger partial charge in [0, 0.05) is 21.4 Å². The number of hydrogen-bond acceptors (Lipinski definition) is 4. The van der Waals surface area contributed by atoms with Crippen LogP contribution < -0.4 is 4.74 Å². The molecule has 2 rings (SSSR count). The predicted molar refractivity (Wildman–Crippen MR) is 82.5 cm³/mol. The Hall–Kier alpha value is -1.10. The molecule has 0 bridgehead atoms. The van der Waals surface area contributed by atoms with Crippen LogP contribution in [-0.2, 0) is 18.6 Å². The Balaban J connectivity index is 2.10. The number of nitrogens with zero attached hydrogens (tertiary/aromatic N) is 1. The first-order valence-electron chi connectivity index (χ1n) is 6.37. The van der Waals surface area contributed by atoms with Crippen LogP contribution in [0.2, 0.25) is 5.02 Å². The third-order valence-corrected chi connectivity index (χ3v) is 4.08. The summed E-state index contributed by atoms with van der Waals surface area (Å²) < 4.78 is 5.72. The van der Waals surface area contributed by atoms with Crippen LogP contribution in [0.1, 0.15) is 37.0 Å². The van der Waals surface area contributed by atoms with Crippen molar-refractivity contribution in [1.29, 1.82) is 0 Å². The lowest BCUT2D eigenvalue weighted by molar-refractivity contribution is 0.259. The third kappa shape index (κ3) is 3.51. The van der Waals surface area contributed by atoms with Crippen LogP contribution in [0, 0.1) is 0 Å². The van der Waals surface area contributed by atoms with Crippen molar-refractivity contribution >= 4 is 22.9 Å². The zero-order valence-electron chi connectivity index (χ0n) is 11.8. The van der Waals surface area contributed by atoms with E-state index in [1.165, 1.54) is 0 Å². The quantitative estimate of drug-likeness (QED) is 0.921. The number of thiazole rings is 1. The van der Waals surface area contributed by atoms with E-state index in [1.54, 1.807) is 29.5 Å². The van der Waals surface area contributed by atoms with E-state index < -0.39 is 0 Å². The lowest BCUT2D eigenvalue weighted by Gasteiger charge is -2.14. The first-order valence-corrected chi connectivity index (χ1v) is 7.63. The van der Waals surface area contributed by atoms with Gasteiger partial charge in [0.25, 0.3) is 0 Å². The SMILES string of the molecule is CC(C)(C)c1csc(COc2cccc(Cl)c2CO)n1. The topological polar surface area (TPSA) is 42.4 Å². The van der Waals surface area contributed by atoms with Gasteiger partial charge in [-0.1, -0.05) is 38.4 Å². The maximum atomic E-state index is 9.33. The van der Waals surface area contributed by atoms with Crippen LogP contribution in [0.3, 0.4) is 0 Å². The summed E-state index contributed by atoms with van der Waals surface area (Å²) in [6.45, 7) is 6.64. The Morgan fingerprint density at radius 1 is 1.35 bits per heavy atom. The van der Waals surface area contributed by atoms with Gasteiger partial charge in [-0.25, -0.2) is 4.98 Å². The first kappa shape index (κ1) is 15.3. The van der Waals surface area contributed by atoms with Gasteiger partial charge in [0.2, 0.25) is 0 Å². The van der Waals surface area contributed by atoms with Crippen molar-refractivity contribution in [2.75, 3.05) is 0 Å². The summed E-state index contributed by atoms with van der Waals surface area (Å²) in [4.78, 5) is 4.57. The van der Waals surface area contributed by atoms with E-state index in [4.69, 9.17) is 16.3 Å². The van der Waals surface area contributed by atoms with Gasteiger partial charge < -0.3 is 9.84 Å². The van der Waals surface area contributed by atoms with Gasteiger partial charge >= 0.3 is 0 Å². The fraction of sp³-hybridized carbons (Fsp3) is 0.400. The molecule has 1 aromatic heterocycles. The lowest BCUT2D eigenvalue weighted by Crippen LogP contribution is -2.11. The van der Waals surface area contributed by atoms with Crippen LogP contribution >= 0.6 is 22.9 Å². The second kappa shape index (κ2) is 6.12. The number of aliphatic hydroxyl groups is 1. The highest BCUT2D eigenvalue weighted by molar-refractivity contribution is 7.09. The van der Waals surface area contributed by atoms with Crippen molar-refractivity contribution in [2.45, 2.75) is 39.4 Å². The Morgan fingerprint density at radius 3 is 2.70 bits per heavy atom. The number of aliphatic hydroxyl groups excluding tert-OH is 1. The van der Waals surface area contributed by atoms with E-state index in [9.17, 15) is 5.11 Å². The van der Waals surface area contributed by atoms with Gasteiger partial charge in [-0.3, -0.25) is 0 Å². The molecule has 108 valence electrons. The summed E-state index contributed by atoms with van der Waals surface area (Å²) in [6, 6.07) is 5.34. The van der Waals surface area contributed by atoms with Crippen molar-refractivity contribution < 1.29 is 9.84 Å². The van der Waals surface area contributed by atoms with Crippen molar-refractivity contribution in [3.63, 3.8) is 0 Å². The lowest BCUT2D eigenvalue weighted by atomic mass is 9.93. The van der Waals surface area contributed by atoms with Crippen LogP contribution in [0.5, 0.6) is 5.75 Å².